The summed E-state index contributed by atoms with van der Waals surface area (Å²) in [5.74, 6) is -0.636. The zero-order chi connectivity index (χ0) is 13.9. The zero-order valence-electron chi connectivity index (χ0n) is 9.64. The van der Waals surface area contributed by atoms with E-state index in [0.717, 1.165) is 6.07 Å². The van der Waals surface area contributed by atoms with Gasteiger partial charge in [0.25, 0.3) is 0 Å². The van der Waals surface area contributed by atoms with E-state index in [4.69, 9.17) is 0 Å². The van der Waals surface area contributed by atoms with Gasteiger partial charge in [-0.1, -0.05) is 15.9 Å². The molecule has 1 aromatic rings. The van der Waals surface area contributed by atoms with Gasteiger partial charge in [0.05, 0.1) is 12.7 Å². The highest BCUT2D eigenvalue weighted by Gasteiger charge is 2.34. The maximum atomic E-state index is 12.7. The fourth-order valence-electron chi connectivity index (χ4n) is 1.35. The van der Waals surface area contributed by atoms with Crippen molar-refractivity contribution in [3.05, 3.63) is 28.2 Å². The molecule has 1 rings (SSSR count). The molecule has 0 saturated carbocycles. The molecule has 1 atom stereocenters. The predicted octanol–water partition coefficient (Wildman–Crippen LogP) is 3.44. The van der Waals surface area contributed by atoms with Gasteiger partial charge in [-0.05, 0) is 25.1 Å². The first-order valence-corrected chi connectivity index (χ1v) is 5.76. The Morgan fingerprint density at radius 2 is 2.06 bits per heavy atom. The number of carbonyl (C=O) groups excluding carboxylic acids is 1. The number of hydrogen-bond donors (Lipinski definition) is 1. The molecule has 0 aliphatic heterocycles. The summed E-state index contributed by atoms with van der Waals surface area (Å²) >= 11 is 3.08. The average Bonchev–Trinajstić information content (AvgIpc) is 2.26. The van der Waals surface area contributed by atoms with Crippen molar-refractivity contribution >= 4 is 27.6 Å². The molecule has 1 aromatic carbocycles. The smallest absolute Gasteiger partial charge is 0.418 e. The van der Waals surface area contributed by atoms with Crippen molar-refractivity contribution in [1.82, 2.24) is 0 Å². The van der Waals surface area contributed by atoms with Crippen LogP contribution in [0.15, 0.2) is 22.7 Å². The minimum Gasteiger partial charge on any atom is -0.467 e. The van der Waals surface area contributed by atoms with E-state index in [9.17, 15) is 18.0 Å². The zero-order valence-corrected chi connectivity index (χ0v) is 11.2. The van der Waals surface area contributed by atoms with Gasteiger partial charge in [-0.25, -0.2) is 4.79 Å². The predicted molar refractivity (Wildman–Crippen MR) is 64.2 cm³/mol. The van der Waals surface area contributed by atoms with Crippen LogP contribution in [-0.4, -0.2) is 19.1 Å². The van der Waals surface area contributed by atoms with E-state index in [-0.39, 0.29) is 5.69 Å². The molecule has 7 heteroatoms. The van der Waals surface area contributed by atoms with Gasteiger partial charge in [0, 0.05) is 10.2 Å². The first-order valence-electron chi connectivity index (χ1n) is 4.97. The molecule has 0 fully saturated rings. The van der Waals surface area contributed by atoms with E-state index in [1.54, 1.807) is 0 Å². The summed E-state index contributed by atoms with van der Waals surface area (Å²) in [6.07, 6.45) is -4.49. The van der Waals surface area contributed by atoms with Crippen molar-refractivity contribution < 1.29 is 22.7 Å². The molecule has 0 bridgehead atoms. The lowest BCUT2D eigenvalue weighted by Gasteiger charge is -2.18. The molecule has 0 aliphatic carbocycles. The number of halogens is 4. The first kappa shape index (κ1) is 14.8. The summed E-state index contributed by atoms with van der Waals surface area (Å²) in [5.41, 5.74) is -1.00. The van der Waals surface area contributed by atoms with Crippen molar-refractivity contribution in [2.45, 2.75) is 19.1 Å². The number of nitrogens with one attached hydrogen (secondary N) is 1. The molecular formula is C11H11BrF3NO2. The molecule has 0 aliphatic rings. The van der Waals surface area contributed by atoms with Crippen LogP contribution in [0.1, 0.15) is 12.5 Å². The van der Waals surface area contributed by atoms with E-state index in [2.05, 4.69) is 26.0 Å². The number of alkyl halides is 3. The summed E-state index contributed by atoms with van der Waals surface area (Å²) in [5, 5.41) is 2.48. The number of ether oxygens (including phenoxy) is 1. The van der Waals surface area contributed by atoms with Crippen LogP contribution in [0.4, 0.5) is 18.9 Å². The molecule has 3 nitrogen and oxygen atoms in total. The number of anilines is 1. The lowest BCUT2D eigenvalue weighted by Crippen LogP contribution is -2.28. The lowest BCUT2D eigenvalue weighted by atomic mass is 10.1. The van der Waals surface area contributed by atoms with Crippen LogP contribution >= 0.6 is 15.9 Å². The number of rotatable bonds is 3. The van der Waals surface area contributed by atoms with E-state index in [1.807, 2.05) is 0 Å². The molecule has 100 valence electrons. The highest BCUT2D eigenvalue weighted by atomic mass is 79.9. The molecule has 0 heterocycles. The minimum atomic E-state index is -4.49. The molecule has 0 radical (unpaired) electrons. The normalized spacial score (nSPS) is 13.0. The molecule has 1 unspecified atom stereocenters. The van der Waals surface area contributed by atoms with Crippen LogP contribution < -0.4 is 5.32 Å². The topological polar surface area (TPSA) is 38.3 Å². The van der Waals surface area contributed by atoms with Crippen LogP contribution in [0.3, 0.4) is 0 Å². The maximum absolute atomic E-state index is 12.7. The quantitative estimate of drug-likeness (QED) is 0.865. The van der Waals surface area contributed by atoms with Gasteiger partial charge in [0.1, 0.15) is 6.04 Å². The number of carbonyl (C=O) groups is 1. The van der Waals surface area contributed by atoms with Gasteiger partial charge < -0.3 is 10.1 Å². The van der Waals surface area contributed by atoms with E-state index >= 15 is 0 Å². The molecule has 0 amide bonds. The van der Waals surface area contributed by atoms with Crippen molar-refractivity contribution in [1.29, 1.82) is 0 Å². The number of methoxy groups -OCH3 is 1. The summed E-state index contributed by atoms with van der Waals surface area (Å²) in [4.78, 5) is 11.2. The van der Waals surface area contributed by atoms with Gasteiger partial charge >= 0.3 is 12.1 Å². The Morgan fingerprint density at radius 3 is 2.56 bits per heavy atom. The number of benzene rings is 1. The Balaban J connectivity index is 3.07. The Labute approximate surface area is 110 Å². The fraction of sp³-hybridized carbons (Fsp3) is 0.364. The minimum absolute atomic E-state index is 0.172. The van der Waals surface area contributed by atoms with E-state index < -0.39 is 23.8 Å². The molecule has 0 aromatic heterocycles. The van der Waals surface area contributed by atoms with Gasteiger partial charge in [0.2, 0.25) is 0 Å². The van der Waals surface area contributed by atoms with Gasteiger partial charge in [0.15, 0.2) is 0 Å². The third-order valence-corrected chi connectivity index (χ3v) is 2.71. The van der Waals surface area contributed by atoms with Crippen molar-refractivity contribution in [3.8, 4) is 0 Å². The Morgan fingerprint density at radius 1 is 1.44 bits per heavy atom. The van der Waals surface area contributed by atoms with Crippen LogP contribution in [0, 0.1) is 0 Å². The highest BCUT2D eigenvalue weighted by molar-refractivity contribution is 9.10. The van der Waals surface area contributed by atoms with E-state index in [0.29, 0.717) is 4.47 Å². The average molecular weight is 326 g/mol. The van der Waals surface area contributed by atoms with Crippen LogP contribution in [0.5, 0.6) is 0 Å². The Bertz CT molecular complexity index is 448. The summed E-state index contributed by atoms with van der Waals surface area (Å²) in [6.45, 7) is 1.42. The lowest BCUT2D eigenvalue weighted by molar-refractivity contribution is -0.141. The van der Waals surface area contributed by atoms with Crippen molar-refractivity contribution in [2.75, 3.05) is 12.4 Å². The molecule has 0 saturated heterocycles. The Hall–Kier alpha value is -1.24. The van der Waals surface area contributed by atoms with Gasteiger partial charge in [-0.15, -0.1) is 0 Å². The van der Waals surface area contributed by atoms with E-state index in [1.165, 1.54) is 26.2 Å². The third kappa shape index (κ3) is 3.63. The molecule has 1 N–H and O–H groups in total. The SMILES string of the molecule is COC(=O)C(C)Nc1cc(Br)ccc1C(F)(F)F. The number of esters is 1. The van der Waals surface area contributed by atoms with Crippen LogP contribution in [-0.2, 0) is 15.7 Å². The standard InChI is InChI=1S/C11H11BrF3NO2/c1-6(10(17)18-2)16-9-5-7(12)3-4-8(9)11(13,14)15/h3-6,16H,1-2H3. The highest BCUT2D eigenvalue weighted by Crippen LogP contribution is 2.36. The third-order valence-electron chi connectivity index (χ3n) is 2.21. The van der Waals surface area contributed by atoms with Crippen molar-refractivity contribution in [2.24, 2.45) is 0 Å². The van der Waals surface area contributed by atoms with Gasteiger partial charge in [-0.3, -0.25) is 0 Å². The maximum Gasteiger partial charge on any atom is 0.418 e. The summed E-state index contributed by atoms with van der Waals surface area (Å²) in [7, 11) is 1.17. The molecule has 0 spiro atoms. The molecular weight excluding hydrogens is 315 g/mol. The molecule has 18 heavy (non-hydrogen) atoms. The largest absolute Gasteiger partial charge is 0.467 e. The fourth-order valence-corrected chi connectivity index (χ4v) is 1.71. The summed E-state index contributed by atoms with van der Waals surface area (Å²) < 4.78 is 43.2. The second-order valence-electron chi connectivity index (χ2n) is 3.58. The second kappa shape index (κ2) is 5.60. The van der Waals surface area contributed by atoms with Crippen LogP contribution in [0.25, 0.3) is 0 Å². The number of hydrogen-bond acceptors (Lipinski definition) is 3. The monoisotopic (exact) mass is 325 g/mol. The van der Waals surface area contributed by atoms with Crippen molar-refractivity contribution in [3.63, 3.8) is 0 Å². The second-order valence-corrected chi connectivity index (χ2v) is 4.49. The van der Waals surface area contributed by atoms with Gasteiger partial charge in [-0.2, -0.15) is 13.2 Å². The first-order chi connectivity index (χ1) is 8.25. The van der Waals surface area contributed by atoms with Crippen LogP contribution in [0.2, 0.25) is 0 Å². The Kier molecular flexibility index (Phi) is 4.61. The summed E-state index contributed by atoms with van der Waals surface area (Å²) in [6, 6.07) is 2.63.